The minimum Gasteiger partial charge on any atom is -0.493 e. The van der Waals surface area contributed by atoms with Crippen molar-refractivity contribution in [2.45, 2.75) is 19.6 Å². The van der Waals surface area contributed by atoms with E-state index in [4.69, 9.17) is 9.47 Å². The standard InChI is InChI=1S/C18H23N5O2S/c1-13(25-16-7-5-4-6-15(16)24-3)10-20-17(19-2)21-11-14-12-23-8-9-26-18(23)22-14/h4-9,12-13H,10-11H2,1-3H3,(H2,19,20,21). The lowest BCUT2D eigenvalue weighted by Gasteiger charge is -2.18. The zero-order valence-electron chi connectivity index (χ0n) is 15.1. The third kappa shape index (κ3) is 4.45. The molecule has 0 aliphatic rings. The molecule has 3 rings (SSSR count). The Morgan fingerprint density at radius 3 is 2.85 bits per heavy atom. The molecule has 2 heterocycles. The zero-order chi connectivity index (χ0) is 18.4. The molecule has 2 N–H and O–H groups in total. The molecule has 26 heavy (non-hydrogen) atoms. The molecule has 0 amide bonds. The largest absolute Gasteiger partial charge is 0.493 e. The minimum atomic E-state index is -0.0530. The summed E-state index contributed by atoms with van der Waals surface area (Å²) in [6.07, 6.45) is 3.96. The van der Waals surface area contributed by atoms with Gasteiger partial charge in [0.25, 0.3) is 0 Å². The predicted molar refractivity (Wildman–Crippen MR) is 104 cm³/mol. The van der Waals surface area contributed by atoms with Crippen molar-refractivity contribution in [2.24, 2.45) is 4.99 Å². The topological polar surface area (TPSA) is 72.2 Å². The Morgan fingerprint density at radius 1 is 1.31 bits per heavy atom. The fourth-order valence-electron chi connectivity index (χ4n) is 2.47. The second-order valence-corrected chi connectivity index (χ2v) is 6.58. The Bertz CT molecular complexity index is 845. The lowest BCUT2D eigenvalue weighted by atomic mass is 10.3. The number of benzene rings is 1. The number of nitrogens with one attached hydrogen (secondary N) is 2. The zero-order valence-corrected chi connectivity index (χ0v) is 15.9. The van der Waals surface area contributed by atoms with Gasteiger partial charge in [-0.3, -0.25) is 9.39 Å². The van der Waals surface area contributed by atoms with Crippen molar-refractivity contribution in [3.63, 3.8) is 0 Å². The molecular formula is C18H23N5O2S. The highest BCUT2D eigenvalue weighted by molar-refractivity contribution is 7.15. The van der Waals surface area contributed by atoms with Crippen molar-refractivity contribution >= 4 is 22.3 Å². The average molecular weight is 373 g/mol. The number of aliphatic imine (C=N–C) groups is 1. The Morgan fingerprint density at radius 2 is 2.12 bits per heavy atom. The Balaban J connectivity index is 1.48. The molecule has 0 radical (unpaired) electrons. The number of hydrogen-bond donors (Lipinski definition) is 2. The van der Waals surface area contributed by atoms with Gasteiger partial charge in [0.1, 0.15) is 6.10 Å². The van der Waals surface area contributed by atoms with Crippen LogP contribution in [-0.4, -0.2) is 42.2 Å². The first-order chi connectivity index (χ1) is 12.7. The number of ether oxygens (including phenoxy) is 2. The number of rotatable bonds is 7. The number of methoxy groups -OCH3 is 1. The van der Waals surface area contributed by atoms with Crippen LogP contribution in [0.5, 0.6) is 11.5 Å². The Hall–Kier alpha value is -2.74. The first-order valence-corrected chi connectivity index (χ1v) is 9.23. The van der Waals surface area contributed by atoms with Crippen LogP contribution in [0.25, 0.3) is 4.96 Å². The van der Waals surface area contributed by atoms with Crippen LogP contribution in [0.3, 0.4) is 0 Å². The molecule has 0 saturated carbocycles. The minimum absolute atomic E-state index is 0.0530. The van der Waals surface area contributed by atoms with Crippen molar-refractivity contribution in [1.82, 2.24) is 20.0 Å². The number of guanidine groups is 1. The van der Waals surface area contributed by atoms with Crippen molar-refractivity contribution in [3.8, 4) is 11.5 Å². The number of para-hydroxylation sites is 2. The highest BCUT2D eigenvalue weighted by Gasteiger charge is 2.10. The molecule has 0 aliphatic heterocycles. The number of aromatic nitrogens is 2. The van der Waals surface area contributed by atoms with E-state index in [0.29, 0.717) is 19.0 Å². The molecule has 1 atom stereocenters. The maximum Gasteiger partial charge on any atom is 0.193 e. The summed E-state index contributed by atoms with van der Waals surface area (Å²) in [4.78, 5) is 9.78. The number of fused-ring (bicyclic) bond motifs is 1. The Labute approximate surface area is 156 Å². The SMILES string of the molecule is CN=C(NCc1cn2ccsc2n1)NCC(C)Oc1ccccc1OC. The van der Waals surface area contributed by atoms with Crippen LogP contribution in [0.4, 0.5) is 0 Å². The molecule has 0 spiro atoms. The molecule has 0 fully saturated rings. The van der Waals surface area contributed by atoms with Gasteiger partial charge in [0.05, 0.1) is 25.9 Å². The highest BCUT2D eigenvalue weighted by atomic mass is 32.1. The van der Waals surface area contributed by atoms with E-state index in [1.807, 2.05) is 53.4 Å². The van der Waals surface area contributed by atoms with Gasteiger partial charge in [-0.05, 0) is 19.1 Å². The van der Waals surface area contributed by atoms with Crippen LogP contribution in [-0.2, 0) is 6.54 Å². The number of nitrogens with zero attached hydrogens (tertiary/aromatic N) is 3. The lowest BCUT2D eigenvalue weighted by molar-refractivity contribution is 0.213. The molecule has 3 aromatic rings. The molecule has 8 heteroatoms. The van der Waals surface area contributed by atoms with Crippen molar-refractivity contribution in [3.05, 3.63) is 47.7 Å². The quantitative estimate of drug-likeness (QED) is 0.492. The second kappa shape index (κ2) is 8.57. The average Bonchev–Trinajstić information content (AvgIpc) is 3.24. The van der Waals surface area contributed by atoms with Crippen molar-refractivity contribution < 1.29 is 9.47 Å². The monoisotopic (exact) mass is 373 g/mol. The molecule has 1 unspecified atom stereocenters. The van der Waals surface area contributed by atoms with Gasteiger partial charge < -0.3 is 20.1 Å². The van der Waals surface area contributed by atoms with E-state index >= 15 is 0 Å². The molecule has 2 aromatic heterocycles. The predicted octanol–water partition coefficient (Wildman–Crippen LogP) is 2.54. The summed E-state index contributed by atoms with van der Waals surface area (Å²) >= 11 is 1.62. The van der Waals surface area contributed by atoms with E-state index < -0.39 is 0 Å². The van der Waals surface area contributed by atoms with Crippen LogP contribution < -0.4 is 20.1 Å². The fraction of sp³-hybridized carbons (Fsp3) is 0.333. The van der Waals surface area contributed by atoms with E-state index in [-0.39, 0.29) is 6.10 Å². The summed E-state index contributed by atoms with van der Waals surface area (Å²) in [6.45, 7) is 3.21. The van der Waals surface area contributed by atoms with E-state index in [9.17, 15) is 0 Å². The van der Waals surface area contributed by atoms with Crippen LogP contribution in [0.1, 0.15) is 12.6 Å². The third-order valence-electron chi connectivity index (χ3n) is 3.76. The first kappa shape index (κ1) is 18.1. The maximum atomic E-state index is 5.94. The van der Waals surface area contributed by atoms with Gasteiger partial charge in [0.15, 0.2) is 22.4 Å². The van der Waals surface area contributed by atoms with E-state index in [2.05, 4.69) is 20.6 Å². The summed E-state index contributed by atoms with van der Waals surface area (Å²) < 4.78 is 13.3. The Kier molecular flexibility index (Phi) is 5.96. The van der Waals surface area contributed by atoms with Gasteiger partial charge in [0.2, 0.25) is 0 Å². The smallest absolute Gasteiger partial charge is 0.193 e. The van der Waals surface area contributed by atoms with Crippen molar-refractivity contribution in [2.75, 3.05) is 20.7 Å². The summed E-state index contributed by atoms with van der Waals surface area (Å²) in [5.74, 6) is 2.16. The molecule has 138 valence electrons. The molecule has 0 aliphatic carbocycles. The maximum absolute atomic E-state index is 5.94. The first-order valence-electron chi connectivity index (χ1n) is 8.35. The lowest BCUT2D eigenvalue weighted by Crippen LogP contribution is -2.41. The number of hydrogen-bond acceptors (Lipinski definition) is 5. The fourth-order valence-corrected chi connectivity index (χ4v) is 3.19. The molecular weight excluding hydrogens is 350 g/mol. The van der Waals surface area contributed by atoms with Crippen LogP contribution in [0, 0.1) is 0 Å². The van der Waals surface area contributed by atoms with Gasteiger partial charge in [0, 0.05) is 24.8 Å². The van der Waals surface area contributed by atoms with Gasteiger partial charge in [-0.25, -0.2) is 4.98 Å². The molecule has 0 bridgehead atoms. The van der Waals surface area contributed by atoms with Crippen LogP contribution in [0.15, 0.2) is 47.0 Å². The number of imidazole rings is 1. The number of thiazole rings is 1. The van der Waals surface area contributed by atoms with E-state index in [1.54, 1.807) is 25.5 Å². The second-order valence-electron chi connectivity index (χ2n) is 5.71. The van der Waals surface area contributed by atoms with Gasteiger partial charge in [-0.2, -0.15) is 0 Å². The third-order valence-corrected chi connectivity index (χ3v) is 4.53. The van der Waals surface area contributed by atoms with Crippen molar-refractivity contribution in [1.29, 1.82) is 0 Å². The highest BCUT2D eigenvalue weighted by Crippen LogP contribution is 2.26. The van der Waals surface area contributed by atoms with E-state index in [0.717, 1.165) is 22.2 Å². The van der Waals surface area contributed by atoms with E-state index in [1.165, 1.54) is 0 Å². The summed E-state index contributed by atoms with van der Waals surface area (Å²) in [6, 6.07) is 7.62. The molecule has 1 aromatic carbocycles. The summed E-state index contributed by atoms with van der Waals surface area (Å²) in [5, 5.41) is 8.55. The molecule has 0 saturated heterocycles. The summed E-state index contributed by atoms with van der Waals surface area (Å²) in [5.41, 5.74) is 0.970. The van der Waals surface area contributed by atoms with Gasteiger partial charge in [-0.15, -0.1) is 11.3 Å². The van der Waals surface area contributed by atoms with Gasteiger partial charge >= 0.3 is 0 Å². The molecule has 7 nitrogen and oxygen atoms in total. The summed E-state index contributed by atoms with van der Waals surface area (Å²) in [7, 11) is 3.38. The van der Waals surface area contributed by atoms with Crippen LogP contribution in [0.2, 0.25) is 0 Å². The normalized spacial score (nSPS) is 12.8. The van der Waals surface area contributed by atoms with Crippen LogP contribution >= 0.6 is 11.3 Å². The van der Waals surface area contributed by atoms with Gasteiger partial charge in [-0.1, -0.05) is 12.1 Å².